The topological polar surface area (TPSA) is 52.4 Å². The van der Waals surface area contributed by atoms with Crippen molar-refractivity contribution in [1.29, 1.82) is 0 Å². The number of rotatable bonds is 3. The lowest BCUT2D eigenvalue weighted by Crippen LogP contribution is -2.08. The molecule has 16 heavy (non-hydrogen) atoms. The molecule has 0 aliphatic rings. The van der Waals surface area contributed by atoms with Crippen LogP contribution in [0.4, 0.5) is 0 Å². The van der Waals surface area contributed by atoms with Gasteiger partial charge < -0.3 is 4.74 Å². The van der Waals surface area contributed by atoms with Gasteiger partial charge in [0.05, 0.1) is 4.92 Å². The standard InChI is InChI=1S/C11H8BrNO3/c12-11-6-9(16-7-13(14)15)5-8-3-1-2-4-10(8)11/h1-6H,7H2. The molecule has 2 aromatic rings. The van der Waals surface area contributed by atoms with Gasteiger partial charge in [-0.15, -0.1) is 0 Å². The Hall–Kier alpha value is -1.62. The molecule has 0 heterocycles. The third-order valence-electron chi connectivity index (χ3n) is 2.12. The quantitative estimate of drug-likeness (QED) is 0.493. The van der Waals surface area contributed by atoms with E-state index in [1.165, 1.54) is 0 Å². The second-order valence-corrected chi connectivity index (χ2v) is 4.09. The van der Waals surface area contributed by atoms with Crippen molar-refractivity contribution in [2.45, 2.75) is 0 Å². The van der Waals surface area contributed by atoms with Gasteiger partial charge in [-0.25, -0.2) is 0 Å². The van der Waals surface area contributed by atoms with Crippen LogP contribution in [-0.4, -0.2) is 11.7 Å². The number of hydrogen-bond donors (Lipinski definition) is 0. The number of hydrogen-bond acceptors (Lipinski definition) is 3. The molecule has 0 spiro atoms. The molecule has 5 heteroatoms. The normalized spacial score (nSPS) is 10.3. The number of nitrogens with zero attached hydrogens (tertiary/aromatic N) is 1. The summed E-state index contributed by atoms with van der Waals surface area (Å²) in [5, 5.41) is 12.2. The van der Waals surface area contributed by atoms with Crippen LogP contribution >= 0.6 is 15.9 Å². The third kappa shape index (κ3) is 2.30. The van der Waals surface area contributed by atoms with Crippen LogP contribution in [0.5, 0.6) is 5.75 Å². The minimum atomic E-state index is -0.523. The molecule has 2 rings (SSSR count). The number of nitro groups is 1. The average molecular weight is 282 g/mol. The van der Waals surface area contributed by atoms with Crippen molar-refractivity contribution in [2.75, 3.05) is 6.73 Å². The van der Waals surface area contributed by atoms with Crippen LogP contribution in [0.3, 0.4) is 0 Å². The first-order chi connectivity index (χ1) is 7.66. The van der Waals surface area contributed by atoms with Crippen LogP contribution in [0.1, 0.15) is 0 Å². The summed E-state index contributed by atoms with van der Waals surface area (Å²) in [6, 6.07) is 11.3. The zero-order valence-electron chi connectivity index (χ0n) is 8.22. The fraction of sp³-hybridized carbons (Fsp3) is 0.0909. The Morgan fingerprint density at radius 1 is 1.31 bits per heavy atom. The summed E-state index contributed by atoms with van der Waals surface area (Å²) < 4.78 is 5.89. The molecule has 0 bridgehead atoms. The summed E-state index contributed by atoms with van der Waals surface area (Å²) in [5.41, 5.74) is 0. The molecule has 0 saturated carbocycles. The van der Waals surface area contributed by atoms with E-state index >= 15 is 0 Å². The van der Waals surface area contributed by atoms with E-state index in [9.17, 15) is 10.1 Å². The Morgan fingerprint density at radius 2 is 2.06 bits per heavy atom. The summed E-state index contributed by atoms with van der Waals surface area (Å²) in [6.07, 6.45) is 0. The first kappa shape index (κ1) is 10.9. The maximum atomic E-state index is 10.2. The smallest absolute Gasteiger partial charge is 0.344 e. The number of fused-ring (bicyclic) bond motifs is 1. The predicted molar refractivity (Wildman–Crippen MR) is 64.1 cm³/mol. The largest absolute Gasteiger partial charge is 0.432 e. The van der Waals surface area contributed by atoms with E-state index in [0.29, 0.717) is 5.75 Å². The van der Waals surface area contributed by atoms with Gasteiger partial charge >= 0.3 is 6.73 Å². The minimum Gasteiger partial charge on any atom is -0.432 e. The average Bonchev–Trinajstić information content (AvgIpc) is 2.26. The van der Waals surface area contributed by atoms with E-state index in [-0.39, 0.29) is 0 Å². The van der Waals surface area contributed by atoms with Gasteiger partial charge in [0.15, 0.2) is 0 Å². The van der Waals surface area contributed by atoms with Crippen LogP contribution in [0.15, 0.2) is 40.9 Å². The molecule has 0 aromatic heterocycles. The Kier molecular flexibility index (Phi) is 3.05. The highest BCUT2D eigenvalue weighted by molar-refractivity contribution is 9.10. The Bertz CT molecular complexity index is 542. The molecule has 0 saturated heterocycles. The van der Waals surface area contributed by atoms with E-state index in [1.807, 2.05) is 24.3 Å². The van der Waals surface area contributed by atoms with Gasteiger partial charge in [0.1, 0.15) is 5.75 Å². The van der Waals surface area contributed by atoms with Gasteiger partial charge in [-0.2, -0.15) is 0 Å². The Labute approximate surface area is 100 Å². The molecule has 0 aliphatic carbocycles. The summed E-state index contributed by atoms with van der Waals surface area (Å²) >= 11 is 3.40. The fourth-order valence-electron chi connectivity index (χ4n) is 1.45. The highest BCUT2D eigenvalue weighted by Crippen LogP contribution is 2.29. The predicted octanol–water partition coefficient (Wildman–Crippen LogP) is 3.22. The molecular weight excluding hydrogens is 274 g/mol. The van der Waals surface area contributed by atoms with Gasteiger partial charge in [0.2, 0.25) is 0 Å². The molecule has 0 radical (unpaired) electrons. The van der Waals surface area contributed by atoms with Gasteiger partial charge in [-0.1, -0.05) is 40.2 Å². The van der Waals surface area contributed by atoms with Crippen molar-refractivity contribution < 1.29 is 9.66 Å². The van der Waals surface area contributed by atoms with Crippen LogP contribution in [0.2, 0.25) is 0 Å². The van der Waals surface area contributed by atoms with Crippen LogP contribution in [0, 0.1) is 10.1 Å². The first-order valence-corrected chi connectivity index (χ1v) is 5.39. The monoisotopic (exact) mass is 281 g/mol. The van der Waals surface area contributed by atoms with Crippen molar-refractivity contribution in [3.8, 4) is 5.75 Å². The van der Waals surface area contributed by atoms with E-state index in [0.717, 1.165) is 15.2 Å². The molecule has 0 atom stereocenters. The summed E-state index contributed by atoms with van der Waals surface area (Å²) in [7, 11) is 0. The lowest BCUT2D eigenvalue weighted by molar-refractivity contribution is -0.514. The van der Waals surface area contributed by atoms with Crippen LogP contribution < -0.4 is 4.74 Å². The molecule has 0 unspecified atom stereocenters. The number of benzene rings is 2. The summed E-state index contributed by atoms with van der Waals surface area (Å²) in [5.74, 6) is 0.488. The van der Waals surface area contributed by atoms with E-state index < -0.39 is 11.7 Å². The zero-order chi connectivity index (χ0) is 11.5. The van der Waals surface area contributed by atoms with Gasteiger partial charge in [-0.05, 0) is 22.9 Å². The van der Waals surface area contributed by atoms with E-state index in [1.54, 1.807) is 12.1 Å². The molecule has 0 fully saturated rings. The molecule has 2 aromatic carbocycles. The van der Waals surface area contributed by atoms with Crippen molar-refractivity contribution in [3.63, 3.8) is 0 Å². The second kappa shape index (κ2) is 4.49. The van der Waals surface area contributed by atoms with Gasteiger partial charge in [0, 0.05) is 4.47 Å². The lowest BCUT2D eigenvalue weighted by atomic mass is 10.1. The van der Waals surface area contributed by atoms with Crippen molar-refractivity contribution in [2.24, 2.45) is 0 Å². The number of halogens is 1. The lowest BCUT2D eigenvalue weighted by Gasteiger charge is -2.05. The maximum Gasteiger partial charge on any atom is 0.344 e. The van der Waals surface area contributed by atoms with Crippen molar-refractivity contribution in [3.05, 3.63) is 51.0 Å². The zero-order valence-corrected chi connectivity index (χ0v) is 9.81. The van der Waals surface area contributed by atoms with Gasteiger partial charge in [-0.3, -0.25) is 10.1 Å². The van der Waals surface area contributed by atoms with Crippen LogP contribution in [0.25, 0.3) is 10.8 Å². The molecular formula is C11H8BrNO3. The second-order valence-electron chi connectivity index (χ2n) is 3.23. The molecule has 0 amide bonds. The highest BCUT2D eigenvalue weighted by Gasteiger charge is 2.04. The fourth-order valence-corrected chi connectivity index (χ4v) is 2.04. The summed E-state index contributed by atoms with van der Waals surface area (Å²) in [4.78, 5) is 9.68. The van der Waals surface area contributed by atoms with Crippen LogP contribution in [-0.2, 0) is 0 Å². The van der Waals surface area contributed by atoms with E-state index in [4.69, 9.17) is 4.74 Å². The van der Waals surface area contributed by atoms with E-state index in [2.05, 4.69) is 15.9 Å². The van der Waals surface area contributed by atoms with Crippen molar-refractivity contribution in [1.82, 2.24) is 0 Å². The molecule has 4 nitrogen and oxygen atoms in total. The van der Waals surface area contributed by atoms with Gasteiger partial charge in [0.25, 0.3) is 0 Å². The molecule has 0 aliphatic heterocycles. The first-order valence-electron chi connectivity index (χ1n) is 4.60. The highest BCUT2D eigenvalue weighted by atomic mass is 79.9. The Morgan fingerprint density at radius 3 is 2.81 bits per heavy atom. The maximum absolute atomic E-state index is 10.2. The Balaban J connectivity index is 2.38. The molecule has 82 valence electrons. The summed E-state index contributed by atoms with van der Waals surface area (Å²) in [6.45, 7) is -0.523. The molecule has 0 N–H and O–H groups in total. The number of ether oxygens (including phenoxy) is 1. The SMILES string of the molecule is O=[N+]([O-])COc1cc(Br)c2ccccc2c1. The minimum absolute atomic E-state index is 0.488. The third-order valence-corrected chi connectivity index (χ3v) is 2.78. The van der Waals surface area contributed by atoms with Crippen molar-refractivity contribution >= 4 is 26.7 Å².